The first-order valence-corrected chi connectivity index (χ1v) is 7.45. The summed E-state index contributed by atoms with van der Waals surface area (Å²) < 4.78 is 6.06. The largest absolute Gasteiger partial charge is 0.445 e. The fourth-order valence-corrected chi connectivity index (χ4v) is 2.24. The molecule has 1 amide bonds. The number of carbonyl (C=O) groups is 1. The van der Waals surface area contributed by atoms with Gasteiger partial charge in [-0.2, -0.15) is 0 Å². The van der Waals surface area contributed by atoms with Crippen LogP contribution in [0.25, 0.3) is 0 Å². The highest BCUT2D eigenvalue weighted by molar-refractivity contribution is 9.10. The van der Waals surface area contributed by atoms with Crippen LogP contribution < -0.4 is 0 Å². The predicted molar refractivity (Wildman–Crippen MR) is 85.0 cm³/mol. The maximum Gasteiger partial charge on any atom is 0.410 e. The van der Waals surface area contributed by atoms with Gasteiger partial charge in [-0.25, -0.2) is 9.78 Å². The quantitative estimate of drug-likeness (QED) is 0.756. The van der Waals surface area contributed by atoms with E-state index in [1.807, 2.05) is 30.3 Å². The molecule has 0 N–H and O–H groups in total. The van der Waals surface area contributed by atoms with Crippen LogP contribution in [0.2, 0.25) is 5.15 Å². The molecule has 0 bridgehead atoms. The van der Waals surface area contributed by atoms with Crippen molar-refractivity contribution in [3.8, 4) is 0 Å². The van der Waals surface area contributed by atoms with Crippen molar-refractivity contribution in [2.45, 2.75) is 13.2 Å². The summed E-state index contributed by atoms with van der Waals surface area (Å²) >= 11 is 9.24. The molecule has 0 saturated carbocycles. The molecular formula is C15H14BrClN2O2. The van der Waals surface area contributed by atoms with E-state index in [1.165, 1.54) is 4.90 Å². The summed E-state index contributed by atoms with van der Waals surface area (Å²) in [4.78, 5) is 17.4. The Kier molecular flexibility index (Phi) is 5.59. The third-order valence-electron chi connectivity index (χ3n) is 2.83. The Labute approximate surface area is 136 Å². The summed E-state index contributed by atoms with van der Waals surface area (Å²) in [7, 11) is 1.67. The smallest absolute Gasteiger partial charge is 0.410 e. The third-order valence-corrected chi connectivity index (χ3v) is 3.75. The van der Waals surface area contributed by atoms with Crippen molar-refractivity contribution in [1.82, 2.24) is 9.88 Å². The summed E-state index contributed by atoms with van der Waals surface area (Å²) in [6, 6.07) is 11.3. The first-order valence-electron chi connectivity index (χ1n) is 6.28. The van der Waals surface area contributed by atoms with E-state index in [9.17, 15) is 4.79 Å². The fraction of sp³-hybridized carbons (Fsp3) is 0.200. The van der Waals surface area contributed by atoms with E-state index in [2.05, 4.69) is 20.9 Å². The number of aromatic nitrogens is 1. The second kappa shape index (κ2) is 7.43. The number of ether oxygens (including phenoxy) is 1. The van der Waals surface area contributed by atoms with Gasteiger partial charge < -0.3 is 9.64 Å². The number of rotatable bonds is 4. The standard InChI is InChI=1S/C15H14BrClN2O2/c1-19(9-12-7-14(17)18-8-13(12)16)15(20)21-10-11-5-3-2-4-6-11/h2-8H,9-10H2,1H3. The van der Waals surface area contributed by atoms with Crippen LogP contribution in [0.5, 0.6) is 0 Å². The molecule has 0 saturated heterocycles. The number of hydrogen-bond donors (Lipinski definition) is 0. The van der Waals surface area contributed by atoms with Crippen LogP contribution in [-0.4, -0.2) is 23.0 Å². The lowest BCUT2D eigenvalue weighted by Gasteiger charge is -2.18. The molecule has 0 unspecified atom stereocenters. The van der Waals surface area contributed by atoms with E-state index in [1.54, 1.807) is 19.3 Å². The van der Waals surface area contributed by atoms with E-state index in [0.717, 1.165) is 15.6 Å². The fourth-order valence-electron chi connectivity index (χ4n) is 1.72. The molecule has 1 aromatic carbocycles. The molecule has 4 nitrogen and oxygen atoms in total. The van der Waals surface area contributed by atoms with Crippen LogP contribution in [0, 0.1) is 0 Å². The normalized spacial score (nSPS) is 10.2. The average molecular weight is 370 g/mol. The topological polar surface area (TPSA) is 42.4 Å². The first kappa shape index (κ1) is 15.8. The summed E-state index contributed by atoms with van der Waals surface area (Å²) in [5, 5.41) is 0.388. The molecule has 0 aliphatic rings. The van der Waals surface area contributed by atoms with Crippen LogP contribution in [-0.2, 0) is 17.9 Å². The molecule has 110 valence electrons. The number of pyridine rings is 1. The minimum Gasteiger partial charge on any atom is -0.445 e. The highest BCUT2D eigenvalue weighted by atomic mass is 79.9. The Bertz CT molecular complexity index is 622. The summed E-state index contributed by atoms with van der Waals surface area (Å²) in [6.07, 6.45) is 1.22. The maximum atomic E-state index is 12.0. The van der Waals surface area contributed by atoms with Gasteiger partial charge in [-0.3, -0.25) is 0 Å². The van der Waals surface area contributed by atoms with Crippen LogP contribution in [0.4, 0.5) is 4.79 Å². The molecule has 0 fully saturated rings. The lowest BCUT2D eigenvalue weighted by Crippen LogP contribution is -2.27. The van der Waals surface area contributed by atoms with Crippen molar-refractivity contribution in [3.63, 3.8) is 0 Å². The zero-order valence-corrected chi connectivity index (χ0v) is 13.8. The average Bonchev–Trinajstić information content (AvgIpc) is 2.49. The molecule has 21 heavy (non-hydrogen) atoms. The molecule has 1 heterocycles. The lowest BCUT2D eigenvalue weighted by atomic mass is 10.2. The van der Waals surface area contributed by atoms with Crippen molar-refractivity contribution in [1.29, 1.82) is 0 Å². The van der Waals surface area contributed by atoms with Gasteiger partial charge in [0, 0.05) is 24.3 Å². The Morgan fingerprint density at radius 2 is 2.10 bits per heavy atom. The second-order valence-electron chi connectivity index (χ2n) is 4.49. The number of amides is 1. The highest BCUT2D eigenvalue weighted by Crippen LogP contribution is 2.20. The monoisotopic (exact) mass is 368 g/mol. The Morgan fingerprint density at radius 3 is 2.81 bits per heavy atom. The third kappa shape index (κ3) is 4.72. The molecule has 0 radical (unpaired) electrons. The van der Waals surface area contributed by atoms with Gasteiger partial charge >= 0.3 is 6.09 Å². The SMILES string of the molecule is CN(Cc1cc(Cl)ncc1Br)C(=O)OCc1ccccc1. The predicted octanol–water partition coefficient (Wildman–Crippen LogP) is 4.27. The summed E-state index contributed by atoms with van der Waals surface area (Å²) in [6.45, 7) is 0.638. The maximum absolute atomic E-state index is 12.0. The van der Waals surface area contributed by atoms with Crippen LogP contribution in [0.15, 0.2) is 47.1 Å². The minimum atomic E-state index is -0.390. The van der Waals surface area contributed by atoms with E-state index >= 15 is 0 Å². The van der Waals surface area contributed by atoms with Crippen LogP contribution >= 0.6 is 27.5 Å². The number of nitrogens with zero attached hydrogens (tertiary/aromatic N) is 2. The highest BCUT2D eigenvalue weighted by Gasteiger charge is 2.13. The molecule has 0 atom stereocenters. The van der Waals surface area contributed by atoms with E-state index in [0.29, 0.717) is 11.7 Å². The molecule has 0 aliphatic heterocycles. The molecular weight excluding hydrogens is 356 g/mol. The summed E-state index contributed by atoms with van der Waals surface area (Å²) in [5.41, 5.74) is 1.82. The minimum absolute atomic E-state index is 0.252. The van der Waals surface area contributed by atoms with Crippen LogP contribution in [0.3, 0.4) is 0 Å². The van der Waals surface area contributed by atoms with E-state index in [4.69, 9.17) is 16.3 Å². The number of hydrogen-bond acceptors (Lipinski definition) is 3. The lowest BCUT2D eigenvalue weighted by molar-refractivity contribution is 0.103. The van der Waals surface area contributed by atoms with Crippen molar-refractivity contribution in [3.05, 3.63) is 63.3 Å². The zero-order valence-electron chi connectivity index (χ0n) is 11.4. The van der Waals surface area contributed by atoms with Crippen molar-refractivity contribution < 1.29 is 9.53 Å². The number of carbonyl (C=O) groups excluding carboxylic acids is 1. The van der Waals surface area contributed by atoms with Gasteiger partial charge in [0.15, 0.2) is 0 Å². The van der Waals surface area contributed by atoms with Gasteiger partial charge in [-0.05, 0) is 33.1 Å². The number of benzene rings is 1. The zero-order chi connectivity index (χ0) is 15.2. The summed E-state index contributed by atoms with van der Waals surface area (Å²) in [5.74, 6) is 0. The van der Waals surface area contributed by atoms with Gasteiger partial charge in [0.25, 0.3) is 0 Å². The second-order valence-corrected chi connectivity index (χ2v) is 5.74. The van der Waals surface area contributed by atoms with Gasteiger partial charge in [0.2, 0.25) is 0 Å². The van der Waals surface area contributed by atoms with Crippen molar-refractivity contribution in [2.75, 3.05) is 7.05 Å². The molecule has 6 heteroatoms. The molecule has 0 aliphatic carbocycles. The Balaban J connectivity index is 1.92. The van der Waals surface area contributed by atoms with E-state index < -0.39 is 6.09 Å². The van der Waals surface area contributed by atoms with Gasteiger partial charge in [0.05, 0.1) is 0 Å². The van der Waals surface area contributed by atoms with Gasteiger partial charge in [-0.1, -0.05) is 41.9 Å². The van der Waals surface area contributed by atoms with Crippen molar-refractivity contribution >= 4 is 33.6 Å². The van der Waals surface area contributed by atoms with Crippen LogP contribution in [0.1, 0.15) is 11.1 Å². The Hall–Kier alpha value is -1.59. The molecule has 2 aromatic rings. The number of halogens is 2. The molecule has 2 rings (SSSR count). The van der Waals surface area contributed by atoms with Crippen molar-refractivity contribution in [2.24, 2.45) is 0 Å². The molecule has 0 spiro atoms. The Morgan fingerprint density at radius 1 is 1.38 bits per heavy atom. The van der Waals surface area contributed by atoms with Gasteiger partial charge in [0.1, 0.15) is 11.8 Å². The van der Waals surface area contributed by atoms with E-state index in [-0.39, 0.29) is 6.61 Å². The van der Waals surface area contributed by atoms with Gasteiger partial charge in [-0.15, -0.1) is 0 Å². The molecule has 1 aromatic heterocycles. The first-order chi connectivity index (χ1) is 10.1.